The maximum absolute atomic E-state index is 13.8. The van der Waals surface area contributed by atoms with E-state index in [4.69, 9.17) is 0 Å². The Labute approximate surface area is 158 Å². The number of nitrogens with zero attached hydrogens (tertiary/aromatic N) is 1. The van der Waals surface area contributed by atoms with Crippen LogP contribution in [0, 0.1) is 11.6 Å². The number of halogens is 2. The van der Waals surface area contributed by atoms with E-state index in [1.807, 2.05) is 11.4 Å². The zero-order valence-corrected chi connectivity index (χ0v) is 14.9. The molecule has 136 valence electrons. The molecule has 3 aromatic rings. The summed E-state index contributed by atoms with van der Waals surface area (Å²) in [5, 5.41) is 4.37. The van der Waals surface area contributed by atoms with Crippen molar-refractivity contribution in [3.63, 3.8) is 0 Å². The molecule has 2 amide bonds. The number of carbonyl (C=O) groups excluding carboxylic acids is 2. The Morgan fingerprint density at radius 3 is 2.52 bits per heavy atom. The summed E-state index contributed by atoms with van der Waals surface area (Å²) in [5.74, 6) is -2.74. The second-order valence-corrected chi connectivity index (χ2v) is 7.03. The van der Waals surface area contributed by atoms with Crippen LogP contribution in [0.2, 0.25) is 0 Å². The van der Waals surface area contributed by atoms with Crippen LogP contribution in [-0.4, -0.2) is 18.4 Å². The number of hydrogen-bond acceptors (Lipinski definition) is 3. The SMILES string of the molecule is O=C(Nc1ccc2c(c1)CCN2C(=O)c1cccs1)c1c(F)cccc1F. The first-order valence-corrected chi connectivity index (χ1v) is 9.16. The average Bonchev–Trinajstić information content (AvgIpc) is 3.31. The van der Waals surface area contributed by atoms with Gasteiger partial charge in [-0.1, -0.05) is 12.1 Å². The molecule has 0 bridgehead atoms. The molecule has 0 radical (unpaired) electrons. The minimum absolute atomic E-state index is 0.0611. The first-order valence-electron chi connectivity index (χ1n) is 8.28. The van der Waals surface area contributed by atoms with Crippen LogP contribution in [0.5, 0.6) is 0 Å². The molecule has 4 rings (SSSR count). The maximum Gasteiger partial charge on any atom is 0.268 e. The highest BCUT2D eigenvalue weighted by molar-refractivity contribution is 7.12. The third kappa shape index (κ3) is 3.21. The van der Waals surface area contributed by atoms with Crippen molar-refractivity contribution in [3.05, 3.63) is 81.5 Å². The van der Waals surface area contributed by atoms with Crippen LogP contribution in [0.3, 0.4) is 0 Å². The van der Waals surface area contributed by atoms with E-state index in [1.165, 1.54) is 17.4 Å². The maximum atomic E-state index is 13.8. The minimum Gasteiger partial charge on any atom is -0.322 e. The van der Waals surface area contributed by atoms with Gasteiger partial charge in [-0.2, -0.15) is 0 Å². The van der Waals surface area contributed by atoms with Gasteiger partial charge in [0.05, 0.1) is 4.88 Å². The summed E-state index contributed by atoms with van der Waals surface area (Å²) < 4.78 is 27.5. The summed E-state index contributed by atoms with van der Waals surface area (Å²) in [6.45, 7) is 0.547. The van der Waals surface area contributed by atoms with Crippen molar-refractivity contribution >= 4 is 34.5 Å². The van der Waals surface area contributed by atoms with Crippen LogP contribution < -0.4 is 10.2 Å². The van der Waals surface area contributed by atoms with Gasteiger partial charge >= 0.3 is 0 Å². The largest absolute Gasteiger partial charge is 0.322 e. The van der Waals surface area contributed by atoms with E-state index in [0.717, 1.165) is 23.4 Å². The van der Waals surface area contributed by atoms with Gasteiger partial charge in [0.2, 0.25) is 0 Å². The van der Waals surface area contributed by atoms with Gasteiger partial charge in [0.25, 0.3) is 11.8 Å². The van der Waals surface area contributed by atoms with Gasteiger partial charge in [-0.25, -0.2) is 8.78 Å². The molecular weight excluding hydrogens is 370 g/mol. The Bertz CT molecular complexity index is 1010. The molecule has 1 N–H and O–H groups in total. The van der Waals surface area contributed by atoms with Crippen LogP contribution >= 0.6 is 11.3 Å². The molecule has 0 aliphatic carbocycles. The van der Waals surface area contributed by atoms with Crippen LogP contribution in [0.15, 0.2) is 53.9 Å². The highest BCUT2D eigenvalue weighted by Crippen LogP contribution is 2.32. The quantitative estimate of drug-likeness (QED) is 0.724. The van der Waals surface area contributed by atoms with Crippen molar-refractivity contribution < 1.29 is 18.4 Å². The molecule has 0 unspecified atom stereocenters. The van der Waals surface area contributed by atoms with Crippen LogP contribution in [0.4, 0.5) is 20.2 Å². The molecule has 0 saturated heterocycles. The van der Waals surface area contributed by atoms with Crippen molar-refractivity contribution in [2.75, 3.05) is 16.8 Å². The Hall–Kier alpha value is -3.06. The topological polar surface area (TPSA) is 49.4 Å². The Morgan fingerprint density at radius 2 is 1.81 bits per heavy atom. The fourth-order valence-electron chi connectivity index (χ4n) is 3.13. The normalized spacial score (nSPS) is 12.7. The van der Waals surface area contributed by atoms with Crippen molar-refractivity contribution in [1.29, 1.82) is 0 Å². The molecule has 2 aromatic carbocycles. The van der Waals surface area contributed by atoms with Gasteiger partial charge in [0.15, 0.2) is 0 Å². The van der Waals surface area contributed by atoms with Crippen LogP contribution in [0.25, 0.3) is 0 Å². The van der Waals surface area contributed by atoms with Crippen LogP contribution in [0.1, 0.15) is 25.6 Å². The summed E-state index contributed by atoms with van der Waals surface area (Å²) in [7, 11) is 0. The Morgan fingerprint density at radius 1 is 1.04 bits per heavy atom. The summed E-state index contributed by atoms with van der Waals surface area (Å²) in [6, 6.07) is 12.0. The fraction of sp³-hybridized carbons (Fsp3) is 0.100. The lowest BCUT2D eigenvalue weighted by Gasteiger charge is -2.16. The number of anilines is 2. The minimum atomic E-state index is -0.915. The van der Waals surface area contributed by atoms with Gasteiger partial charge in [-0.15, -0.1) is 11.3 Å². The molecule has 27 heavy (non-hydrogen) atoms. The van der Waals surface area contributed by atoms with E-state index >= 15 is 0 Å². The predicted molar refractivity (Wildman–Crippen MR) is 100 cm³/mol. The van der Waals surface area contributed by atoms with E-state index in [2.05, 4.69) is 5.32 Å². The molecule has 0 fully saturated rings. The number of carbonyl (C=O) groups is 2. The highest BCUT2D eigenvalue weighted by atomic mass is 32.1. The third-order valence-corrected chi connectivity index (χ3v) is 5.26. The van der Waals surface area contributed by atoms with Gasteiger partial charge in [-0.05, 0) is 53.8 Å². The molecule has 0 saturated carbocycles. The standard InChI is InChI=1S/C20H14F2N2O2S/c21-14-3-1-4-15(22)18(14)19(25)23-13-6-7-16-12(11-13)8-9-24(16)20(26)17-5-2-10-27-17/h1-7,10-11H,8-9H2,(H,23,25). The Balaban J connectivity index is 1.56. The zero-order chi connectivity index (χ0) is 19.0. The summed E-state index contributed by atoms with van der Waals surface area (Å²) in [4.78, 5) is 27.2. The smallest absolute Gasteiger partial charge is 0.268 e. The second kappa shape index (κ2) is 6.92. The number of benzene rings is 2. The number of hydrogen-bond donors (Lipinski definition) is 1. The first-order chi connectivity index (χ1) is 13.0. The number of nitrogens with one attached hydrogen (secondary N) is 1. The number of amides is 2. The molecule has 1 aromatic heterocycles. The third-order valence-electron chi connectivity index (χ3n) is 4.40. The summed E-state index contributed by atoms with van der Waals surface area (Å²) in [6.07, 6.45) is 0.643. The van der Waals surface area contributed by atoms with Gasteiger partial charge in [0, 0.05) is 17.9 Å². The zero-order valence-electron chi connectivity index (χ0n) is 14.0. The molecule has 0 atom stereocenters. The molecule has 2 heterocycles. The number of rotatable bonds is 3. The van der Waals surface area contributed by atoms with E-state index < -0.39 is 23.1 Å². The molecule has 7 heteroatoms. The summed E-state index contributed by atoms with van der Waals surface area (Å²) in [5.41, 5.74) is 1.48. The second-order valence-electron chi connectivity index (χ2n) is 6.08. The van der Waals surface area contributed by atoms with E-state index in [0.29, 0.717) is 23.5 Å². The summed E-state index contributed by atoms with van der Waals surface area (Å²) >= 11 is 1.39. The molecular formula is C20H14F2N2O2S. The molecule has 4 nitrogen and oxygen atoms in total. The van der Waals surface area contributed by atoms with E-state index in [1.54, 1.807) is 29.2 Å². The van der Waals surface area contributed by atoms with Gasteiger partial charge in [-0.3, -0.25) is 9.59 Å². The monoisotopic (exact) mass is 384 g/mol. The van der Waals surface area contributed by atoms with Gasteiger partial charge < -0.3 is 10.2 Å². The van der Waals surface area contributed by atoms with Crippen molar-refractivity contribution in [1.82, 2.24) is 0 Å². The first kappa shape index (κ1) is 17.4. The van der Waals surface area contributed by atoms with Crippen LogP contribution in [-0.2, 0) is 6.42 Å². The Kier molecular flexibility index (Phi) is 4.45. The van der Waals surface area contributed by atoms with E-state index in [-0.39, 0.29) is 5.91 Å². The van der Waals surface area contributed by atoms with Crippen molar-refractivity contribution in [2.24, 2.45) is 0 Å². The lowest BCUT2D eigenvalue weighted by Crippen LogP contribution is -2.28. The van der Waals surface area contributed by atoms with Crippen molar-refractivity contribution in [2.45, 2.75) is 6.42 Å². The number of thiophene rings is 1. The average molecular weight is 384 g/mol. The molecule has 0 spiro atoms. The predicted octanol–water partition coefficient (Wildman–Crippen LogP) is 4.48. The molecule has 1 aliphatic rings. The van der Waals surface area contributed by atoms with E-state index in [9.17, 15) is 18.4 Å². The fourth-order valence-corrected chi connectivity index (χ4v) is 3.80. The lowest BCUT2D eigenvalue weighted by atomic mass is 10.1. The van der Waals surface area contributed by atoms with Gasteiger partial charge in [0.1, 0.15) is 17.2 Å². The molecule has 1 aliphatic heterocycles. The number of fused-ring (bicyclic) bond motifs is 1. The van der Waals surface area contributed by atoms with Crippen molar-refractivity contribution in [3.8, 4) is 0 Å². The highest BCUT2D eigenvalue weighted by Gasteiger charge is 2.26. The lowest BCUT2D eigenvalue weighted by molar-refractivity contribution is 0.0990.